The predicted octanol–water partition coefficient (Wildman–Crippen LogP) is 2.61. The summed E-state index contributed by atoms with van der Waals surface area (Å²) in [4.78, 5) is 14.9. The zero-order valence-corrected chi connectivity index (χ0v) is 9.77. The fourth-order valence-corrected chi connectivity index (χ4v) is 1.91. The summed E-state index contributed by atoms with van der Waals surface area (Å²) in [7, 11) is 0. The highest BCUT2D eigenvalue weighted by Gasteiger charge is 2.12. The van der Waals surface area contributed by atoms with Crippen LogP contribution in [0.25, 0.3) is 10.9 Å². The van der Waals surface area contributed by atoms with Crippen LogP contribution in [-0.2, 0) is 0 Å². The number of carbonyl (C=O) groups is 1. The van der Waals surface area contributed by atoms with Crippen LogP contribution in [0, 0.1) is 0 Å². The van der Waals surface area contributed by atoms with Crippen molar-refractivity contribution in [3.63, 3.8) is 0 Å². The molecule has 2 aromatic rings. The van der Waals surface area contributed by atoms with Crippen LogP contribution in [0.4, 0.5) is 0 Å². The van der Waals surface area contributed by atoms with E-state index in [9.17, 15) is 4.79 Å². The number of Topliss-reactive ketones (excluding diaryl/α,β-unsaturated/α-hetero) is 1. The van der Waals surface area contributed by atoms with Gasteiger partial charge in [0.25, 0.3) is 0 Å². The standard InChI is InChI=1S/C12H13ClN2O/c1-2-14-7-11(16)9-6-15-12-8(9)4-3-5-10(12)13/h3-6,14-15H,2,7H2,1H3. The molecule has 1 heterocycles. The van der Waals surface area contributed by atoms with E-state index in [-0.39, 0.29) is 5.78 Å². The number of para-hydroxylation sites is 1. The Bertz CT molecular complexity index is 519. The van der Waals surface area contributed by atoms with Gasteiger partial charge in [0.15, 0.2) is 5.78 Å². The highest BCUT2D eigenvalue weighted by atomic mass is 35.5. The van der Waals surface area contributed by atoms with Gasteiger partial charge in [0, 0.05) is 17.1 Å². The quantitative estimate of drug-likeness (QED) is 0.802. The minimum absolute atomic E-state index is 0.0790. The molecule has 0 fully saturated rings. The van der Waals surface area contributed by atoms with Crippen LogP contribution in [0.2, 0.25) is 5.02 Å². The third-order valence-electron chi connectivity index (χ3n) is 2.50. The Morgan fingerprint density at radius 2 is 2.31 bits per heavy atom. The smallest absolute Gasteiger partial charge is 0.178 e. The van der Waals surface area contributed by atoms with E-state index >= 15 is 0 Å². The van der Waals surface area contributed by atoms with Gasteiger partial charge in [-0.3, -0.25) is 4.79 Å². The lowest BCUT2D eigenvalue weighted by Crippen LogP contribution is -2.22. The average Bonchev–Trinajstić information content (AvgIpc) is 2.71. The third kappa shape index (κ3) is 1.96. The first-order valence-electron chi connectivity index (χ1n) is 5.23. The number of H-pyrrole nitrogens is 1. The van der Waals surface area contributed by atoms with Gasteiger partial charge in [-0.2, -0.15) is 0 Å². The van der Waals surface area contributed by atoms with Crippen LogP contribution in [0.1, 0.15) is 17.3 Å². The van der Waals surface area contributed by atoms with E-state index in [1.807, 2.05) is 19.1 Å². The van der Waals surface area contributed by atoms with Crippen LogP contribution >= 0.6 is 11.6 Å². The van der Waals surface area contributed by atoms with E-state index in [1.54, 1.807) is 12.3 Å². The average molecular weight is 237 g/mol. The van der Waals surface area contributed by atoms with E-state index in [0.717, 1.165) is 17.4 Å². The normalized spacial score (nSPS) is 10.9. The van der Waals surface area contributed by atoms with Gasteiger partial charge < -0.3 is 10.3 Å². The maximum atomic E-state index is 11.9. The molecular formula is C12H13ClN2O. The molecule has 0 saturated carbocycles. The van der Waals surface area contributed by atoms with Crippen LogP contribution in [0.5, 0.6) is 0 Å². The van der Waals surface area contributed by atoms with E-state index in [0.29, 0.717) is 17.1 Å². The van der Waals surface area contributed by atoms with Crippen molar-refractivity contribution in [3.8, 4) is 0 Å². The molecule has 0 aliphatic carbocycles. The molecule has 84 valence electrons. The van der Waals surface area contributed by atoms with E-state index < -0.39 is 0 Å². The summed E-state index contributed by atoms with van der Waals surface area (Å²) in [6.07, 6.45) is 1.72. The fourth-order valence-electron chi connectivity index (χ4n) is 1.68. The zero-order valence-electron chi connectivity index (χ0n) is 9.01. The number of hydrogen-bond acceptors (Lipinski definition) is 2. The summed E-state index contributed by atoms with van der Waals surface area (Å²) in [5.41, 5.74) is 1.52. The number of likely N-dealkylation sites (N-methyl/N-ethyl adjacent to an activating group) is 1. The van der Waals surface area contributed by atoms with E-state index in [4.69, 9.17) is 11.6 Å². The van der Waals surface area contributed by atoms with Crippen molar-refractivity contribution in [2.24, 2.45) is 0 Å². The number of fused-ring (bicyclic) bond motifs is 1. The molecule has 1 aromatic carbocycles. The van der Waals surface area contributed by atoms with Crippen molar-refractivity contribution in [2.75, 3.05) is 13.1 Å². The molecule has 0 saturated heterocycles. The lowest BCUT2D eigenvalue weighted by atomic mass is 10.1. The Labute approximate surface area is 98.8 Å². The Morgan fingerprint density at radius 3 is 3.06 bits per heavy atom. The van der Waals surface area contributed by atoms with Gasteiger partial charge in [0.2, 0.25) is 0 Å². The minimum atomic E-state index is 0.0790. The predicted molar refractivity (Wildman–Crippen MR) is 66.2 cm³/mol. The van der Waals surface area contributed by atoms with Gasteiger partial charge in [-0.1, -0.05) is 30.7 Å². The Kier molecular flexibility index (Phi) is 3.27. The number of rotatable bonds is 4. The Balaban J connectivity index is 2.38. The van der Waals surface area contributed by atoms with Crippen LogP contribution in [0.15, 0.2) is 24.4 Å². The second-order valence-electron chi connectivity index (χ2n) is 3.57. The first-order chi connectivity index (χ1) is 7.74. The first-order valence-corrected chi connectivity index (χ1v) is 5.61. The van der Waals surface area contributed by atoms with E-state index in [2.05, 4.69) is 10.3 Å². The summed E-state index contributed by atoms with van der Waals surface area (Å²) in [5, 5.41) is 4.54. The molecule has 0 atom stereocenters. The third-order valence-corrected chi connectivity index (χ3v) is 2.82. The number of benzene rings is 1. The minimum Gasteiger partial charge on any atom is -0.359 e. The Morgan fingerprint density at radius 1 is 1.50 bits per heavy atom. The van der Waals surface area contributed by atoms with Gasteiger partial charge >= 0.3 is 0 Å². The first kappa shape index (κ1) is 11.2. The number of hydrogen-bond donors (Lipinski definition) is 2. The van der Waals surface area contributed by atoms with Crippen LogP contribution < -0.4 is 5.32 Å². The van der Waals surface area contributed by atoms with E-state index in [1.165, 1.54) is 0 Å². The lowest BCUT2D eigenvalue weighted by molar-refractivity contribution is 0.0993. The van der Waals surface area contributed by atoms with Crippen molar-refractivity contribution in [1.82, 2.24) is 10.3 Å². The number of aromatic amines is 1. The van der Waals surface area contributed by atoms with Crippen molar-refractivity contribution < 1.29 is 4.79 Å². The molecule has 0 unspecified atom stereocenters. The summed E-state index contributed by atoms with van der Waals surface area (Å²) in [6, 6.07) is 5.55. The summed E-state index contributed by atoms with van der Waals surface area (Å²) < 4.78 is 0. The van der Waals surface area contributed by atoms with Crippen molar-refractivity contribution >= 4 is 28.3 Å². The molecule has 4 heteroatoms. The number of carbonyl (C=O) groups excluding carboxylic acids is 1. The van der Waals surface area contributed by atoms with Gasteiger partial charge in [-0.25, -0.2) is 0 Å². The molecule has 0 aliphatic rings. The Hall–Kier alpha value is -1.32. The number of ketones is 1. The van der Waals surface area contributed by atoms with Crippen molar-refractivity contribution in [1.29, 1.82) is 0 Å². The van der Waals surface area contributed by atoms with Crippen LogP contribution in [0.3, 0.4) is 0 Å². The highest BCUT2D eigenvalue weighted by Crippen LogP contribution is 2.25. The molecule has 0 radical (unpaired) electrons. The zero-order chi connectivity index (χ0) is 11.5. The topological polar surface area (TPSA) is 44.9 Å². The molecule has 0 spiro atoms. The molecule has 0 bridgehead atoms. The molecule has 2 N–H and O–H groups in total. The number of aromatic nitrogens is 1. The molecule has 16 heavy (non-hydrogen) atoms. The summed E-state index contributed by atoms with van der Waals surface area (Å²) >= 11 is 6.02. The maximum Gasteiger partial charge on any atom is 0.178 e. The molecule has 0 amide bonds. The number of nitrogens with one attached hydrogen (secondary N) is 2. The second kappa shape index (κ2) is 4.68. The van der Waals surface area contributed by atoms with Gasteiger partial charge in [-0.15, -0.1) is 0 Å². The molecule has 1 aromatic heterocycles. The monoisotopic (exact) mass is 236 g/mol. The SMILES string of the molecule is CCNCC(=O)c1c[nH]c2c(Cl)cccc12. The lowest BCUT2D eigenvalue weighted by Gasteiger charge is -2.00. The van der Waals surface area contributed by atoms with Gasteiger partial charge in [-0.05, 0) is 12.6 Å². The maximum absolute atomic E-state index is 11.9. The largest absolute Gasteiger partial charge is 0.359 e. The molecule has 2 rings (SSSR count). The second-order valence-corrected chi connectivity index (χ2v) is 3.98. The molecule has 0 aliphatic heterocycles. The summed E-state index contributed by atoms with van der Waals surface area (Å²) in [6.45, 7) is 3.12. The molecule has 3 nitrogen and oxygen atoms in total. The number of halogens is 1. The van der Waals surface area contributed by atoms with Gasteiger partial charge in [0.1, 0.15) is 0 Å². The van der Waals surface area contributed by atoms with Crippen LogP contribution in [-0.4, -0.2) is 23.9 Å². The van der Waals surface area contributed by atoms with Crippen molar-refractivity contribution in [3.05, 3.63) is 35.0 Å². The summed E-state index contributed by atoms with van der Waals surface area (Å²) in [5.74, 6) is 0.0790. The fraction of sp³-hybridized carbons (Fsp3) is 0.250. The highest BCUT2D eigenvalue weighted by molar-refractivity contribution is 6.35. The van der Waals surface area contributed by atoms with Crippen molar-refractivity contribution in [2.45, 2.75) is 6.92 Å². The molecular weight excluding hydrogens is 224 g/mol. The van der Waals surface area contributed by atoms with Gasteiger partial charge in [0.05, 0.1) is 17.1 Å².